The number of methoxy groups -OCH3 is 1. The van der Waals surface area contributed by atoms with Crippen LogP contribution in [0.5, 0.6) is 0 Å². The van der Waals surface area contributed by atoms with Gasteiger partial charge >= 0.3 is 0 Å². The fourth-order valence-electron chi connectivity index (χ4n) is 2.79. The number of hydrogen-bond acceptors (Lipinski definition) is 4. The summed E-state index contributed by atoms with van der Waals surface area (Å²) in [5, 5.41) is 2.89. The molecule has 0 aliphatic carbocycles. The Kier molecular flexibility index (Phi) is 7.40. The van der Waals surface area contributed by atoms with Crippen LogP contribution < -0.4 is 5.32 Å². The second-order valence-electron chi connectivity index (χ2n) is 6.70. The number of rotatable bonds is 7. The van der Waals surface area contributed by atoms with Crippen LogP contribution in [0, 0.1) is 5.92 Å². The molecule has 1 aliphatic rings. The highest BCUT2D eigenvalue weighted by Gasteiger charge is 2.22. The topological polar surface area (TPSA) is 61.9 Å². The number of carbonyl (C=O) groups excluding carboxylic acids is 2. The van der Waals surface area contributed by atoms with Gasteiger partial charge in [0.25, 0.3) is 5.91 Å². The van der Waals surface area contributed by atoms with E-state index in [0.29, 0.717) is 12.1 Å². The molecule has 25 heavy (non-hydrogen) atoms. The maximum Gasteiger partial charge on any atom is 0.253 e. The number of nitrogens with zero attached hydrogens (tertiary/aromatic N) is 2. The van der Waals surface area contributed by atoms with Crippen LogP contribution in [-0.2, 0) is 16.1 Å². The Morgan fingerprint density at radius 3 is 2.56 bits per heavy atom. The van der Waals surface area contributed by atoms with Crippen LogP contribution >= 0.6 is 0 Å². The molecule has 0 atom stereocenters. The standard InChI is InChI=1S/C19H29N3O3/c1-15(2)18(23)20-14-16-5-4-6-17(13-16)19(24)22-9-7-21(8-10-22)11-12-25-3/h4-6,13,15H,7-12,14H2,1-3H3,(H,20,23). The van der Waals surface area contributed by atoms with Gasteiger partial charge in [0.2, 0.25) is 5.91 Å². The molecule has 1 saturated heterocycles. The van der Waals surface area contributed by atoms with Crippen molar-refractivity contribution in [3.05, 3.63) is 35.4 Å². The molecule has 2 rings (SSSR count). The van der Waals surface area contributed by atoms with E-state index in [2.05, 4.69) is 10.2 Å². The van der Waals surface area contributed by atoms with Crippen LogP contribution in [0.1, 0.15) is 29.8 Å². The second-order valence-corrected chi connectivity index (χ2v) is 6.70. The first-order valence-corrected chi connectivity index (χ1v) is 8.88. The maximum absolute atomic E-state index is 12.7. The molecule has 0 saturated carbocycles. The molecule has 6 heteroatoms. The summed E-state index contributed by atoms with van der Waals surface area (Å²) in [6, 6.07) is 7.52. The van der Waals surface area contributed by atoms with Gasteiger partial charge in [0.15, 0.2) is 0 Å². The molecule has 2 amide bonds. The number of carbonyl (C=O) groups is 2. The highest BCUT2D eigenvalue weighted by atomic mass is 16.5. The summed E-state index contributed by atoms with van der Waals surface area (Å²) >= 11 is 0. The lowest BCUT2D eigenvalue weighted by atomic mass is 10.1. The third-order valence-corrected chi connectivity index (χ3v) is 4.44. The third kappa shape index (κ3) is 5.83. The van der Waals surface area contributed by atoms with Gasteiger partial charge in [0.1, 0.15) is 0 Å². The Labute approximate surface area is 150 Å². The first-order chi connectivity index (χ1) is 12.0. The Morgan fingerprint density at radius 1 is 1.20 bits per heavy atom. The van der Waals surface area contributed by atoms with Gasteiger partial charge in [-0.15, -0.1) is 0 Å². The van der Waals surface area contributed by atoms with Crippen LogP contribution in [0.2, 0.25) is 0 Å². The van der Waals surface area contributed by atoms with Crippen LogP contribution in [-0.4, -0.2) is 68.1 Å². The zero-order chi connectivity index (χ0) is 18.2. The summed E-state index contributed by atoms with van der Waals surface area (Å²) in [5.41, 5.74) is 1.63. The number of nitrogens with one attached hydrogen (secondary N) is 1. The summed E-state index contributed by atoms with van der Waals surface area (Å²) in [4.78, 5) is 28.6. The van der Waals surface area contributed by atoms with Gasteiger partial charge in [-0.05, 0) is 17.7 Å². The van der Waals surface area contributed by atoms with Crippen molar-refractivity contribution in [3.8, 4) is 0 Å². The smallest absolute Gasteiger partial charge is 0.253 e. The van der Waals surface area contributed by atoms with Crippen molar-refractivity contribution < 1.29 is 14.3 Å². The summed E-state index contributed by atoms with van der Waals surface area (Å²) in [7, 11) is 1.70. The lowest BCUT2D eigenvalue weighted by Gasteiger charge is -2.34. The molecule has 0 aromatic heterocycles. The Hall–Kier alpha value is -1.92. The molecular formula is C19H29N3O3. The number of amides is 2. The fraction of sp³-hybridized carbons (Fsp3) is 0.579. The van der Waals surface area contributed by atoms with Gasteiger partial charge in [-0.3, -0.25) is 14.5 Å². The van der Waals surface area contributed by atoms with E-state index in [1.165, 1.54) is 0 Å². The lowest BCUT2D eigenvalue weighted by Crippen LogP contribution is -2.49. The summed E-state index contributed by atoms with van der Waals surface area (Å²) in [6.45, 7) is 9.01. The minimum atomic E-state index is -0.0424. The highest BCUT2D eigenvalue weighted by molar-refractivity contribution is 5.94. The van der Waals surface area contributed by atoms with Crippen LogP contribution in [0.15, 0.2) is 24.3 Å². The summed E-state index contributed by atoms with van der Waals surface area (Å²) < 4.78 is 5.10. The molecule has 1 fully saturated rings. The molecule has 0 radical (unpaired) electrons. The van der Waals surface area contributed by atoms with Crippen molar-refractivity contribution in [1.29, 1.82) is 0 Å². The lowest BCUT2D eigenvalue weighted by molar-refractivity contribution is -0.124. The van der Waals surface area contributed by atoms with E-state index in [1.807, 2.05) is 43.0 Å². The van der Waals surface area contributed by atoms with Crippen molar-refractivity contribution in [3.63, 3.8) is 0 Å². The zero-order valence-corrected chi connectivity index (χ0v) is 15.5. The number of hydrogen-bond donors (Lipinski definition) is 1. The van der Waals surface area contributed by atoms with Crippen molar-refractivity contribution in [2.24, 2.45) is 5.92 Å². The minimum absolute atomic E-state index is 0.0175. The monoisotopic (exact) mass is 347 g/mol. The second kappa shape index (κ2) is 9.53. The van der Waals surface area contributed by atoms with Gasteiger partial charge in [0.05, 0.1) is 6.61 Å². The van der Waals surface area contributed by atoms with Crippen molar-refractivity contribution in [2.75, 3.05) is 46.4 Å². The maximum atomic E-state index is 12.7. The van der Waals surface area contributed by atoms with Gasteiger partial charge in [-0.2, -0.15) is 0 Å². The van der Waals surface area contributed by atoms with Gasteiger partial charge in [0, 0.05) is 57.9 Å². The third-order valence-electron chi connectivity index (χ3n) is 4.44. The first-order valence-electron chi connectivity index (χ1n) is 8.88. The summed E-state index contributed by atoms with van der Waals surface area (Å²) in [6.07, 6.45) is 0. The molecule has 0 spiro atoms. The van der Waals surface area contributed by atoms with Crippen molar-refractivity contribution in [2.45, 2.75) is 20.4 Å². The molecule has 138 valence electrons. The molecule has 1 N–H and O–H groups in total. The van der Waals surface area contributed by atoms with Crippen molar-refractivity contribution >= 4 is 11.8 Å². The predicted molar refractivity (Wildman–Crippen MR) is 97.3 cm³/mol. The SMILES string of the molecule is COCCN1CCN(C(=O)c2cccc(CNC(=O)C(C)C)c2)CC1. The van der Waals surface area contributed by atoms with E-state index >= 15 is 0 Å². The molecule has 6 nitrogen and oxygen atoms in total. The number of ether oxygens (including phenoxy) is 1. The molecule has 0 bridgehead atoms. The van der Waals surface area contributed by atoms with E-state index in [-0.39, 0.29) is 17.7 Å². The van der Waals surface area contributed by atoms with E-state index in [0.717, 1.165) is 44.9 Å². The average Bonchev–Trinajstić information content (AvgIpc) is 2.64. The quantitative estimate of drug-likeness (QED) is 0.809. The normalized spacial score (nSPS) is 15.4. The minimum Gasteiger partial charge on any atom is -0.383 e. The first kappa shape index (κ1) is 19.4. The molecule has 1 aromatic carbocycles. The largest absolute Gasteiger partial charge is 0.383 e. The van der Waals surface area contributed by atoms with E-state index < -0.39 is 0 Å². The number of piperazine rings is 1. The molecule has 0 unspecified atom stereocenters. The van der Waals surface area contributed by atoms with E-state index in [4.69, 9.17) is 4.74 Å². The van der Waals surface area contributed by atoms with Gasteiger partial charge in [-0.1, -0.05) is 26.0 Å². The van der Waals surface area contributed by atoms with E-state index in [1.54, 1.807) is 7.11 Å². The van der Waals surface area contributed by atoms with Crippen molar-refractivity contribution in [1.82, 2.24) is 15.1 Å². The molecule has 1 aromatic rings. The highest BCUT2D eigenvalue weighted by Crippen LogP contribution is 2.11. The Morgan fingerprint density at radius 2 is 1.92 bits per heavy atom. The van der Waals surface area contributed by atoms with E-state index in [9.17, 15) is 9.59 Å². The Bertz CT molecular complexity index is 581. The molecule has 1 heterocycles. The predicted octanol–water partition coefficient (Wildman–Crippen LogP) is 1.36. The van der Waals surface area contributed by atoms with Gasteiger partial charge in [-0.25, -0.2) is 0 Å². The van der Waals surface area contributed by atoms with Gasteiger partial charge < -0.3 is 15.0 Å². The summed E-state index contributed by atoms with van der Waals surface area (Å²) in [5.74, 6) is 0.0338. The zero-order valence-electron chi connectivity index (χ0n) is 15.5. The number of benzene rings is 1. The fourth-order valence-corrected chi connectivity index (χ4v) is 2.79. The van der Waals surface area contributed by atoms with Crippen LogP contribution in [0.4, 0.5) is 0 Å². The molecular weight excluding hydrogens is 318 g/mol. The Balaban J connectivity index is 1.90. The average molecular weight is 347 g/mol. The van der Waals surface area contributed by atoms with Crippen LogP contribution in [0.25, 0.3) is 0 Å². The molecule has 1 aliphatic heterocycles. The van der Waals surface area contributed by atoms with Crippen LogP contribution in [0.3, 0.4) is 0 Å².